The van der Waals surface area contributed by atoms with Gasteiger partial charge in [0, 0.05) is 19.7 Å². The first-order valence-corrected chi connectivity index (χ1v) is 6.89. The van der Waals surface area contributed by atoms with Crippen LogP contribution in [0.4, 0.5) is 0 Å². The first-order valence-electron chi connectivity index (χ1n) is 6.89. The first kappa shape index (κ1) is 12.8. The quantitative estimate of drug-likeness (QED) is 0.805. The summed E-state index contributed by atoms with van der Waals surface area (Å²) in [5, 5.41) is 0. The van der Waals surface area contributed by atoms with Gasteiger partial charge in [0.05, 0.1) is 12.5 Å². The monoisotopic (exact) mass is 240 g/mol. The molecule has 98 valence electrons. The van der Waals surface area contributed by atoms with E-state index in [2.05, 4.69) is 0 Å². The lowest BCUT2D eigenvalue weighted by molar-refractivity contribution is -0.136. The smallest absolute Gasteiger partial charge is 0.225 e. The molecule has 4 heteroatoms. The minimum Gasteiger partial charge on any atom is -0.378 e. The fourth-order valence-electron chi connectivity index (χ4n) is 2.78. The van der Waals surface area contributed by atoms with Crippen LogP contribution in [0, 0.1) is 5.92 Å². The molecule has 2 fully saturated rings. The van der Waals surface area contributed by atoms with E-state index in [1.807, 2.05) is 4.90 Å². The van der Waals surface area contributed by atoms with Crippen LogP contribution in [-0.2, 0) is 9.53 Å². The molecule has 2 saturated heterocycles. The minimum atomic E-state index is 0.162. The molecular formula is C13H24N2O2. The van der Waals surface area contributed by atoms with Gasteiger partial charge in [-0.2, -0.15) is 0 Å². The normalized spacial score (nSPS) is 30.3. The number of ether oxygens (including phenoxy) is 1. The fraction of sp³-hybridized carbons (Fsp3) is 0.923. The number of carbonyl (C=O) groups excluding carboxylic acids is 1. The Kier molecular flexibility index (Phi) is 4.80. The lowest BCUT2D eigenvalue weighted by atomic mass is 9.97. The first-order chi connectivity index (χ1) is 8.29. The van der Waals surface area contributed by atoms with Crippen LogP contribution in [0.3, 0.4) is 0 Å². The second kappa shape index (κ2) is 6.36. The van der Waals surface area contributed by atoms with Crippen LogP contribution in [0.5, 0.6) is 0 Å². The molecule has 2 N–H and O–H groups in total. The van der Waals surface area contributed by atoms with Gasteiger partial charge in [-0.3, -0.25) is 4.79 Å². The molecule has 0 aromatic rings. The Morgan fingerprint density at radius 2 is 2.18 bits per heavy atom. The van der Waals surface area contributed by atoms with Crippen molar-refractivity contribution in [2.75, 3.05) is 26.2 Å². The zero-order valence-corrected chi connectivity index (χ0v) is 10.6. The van der Waals surface area contributed by atoms with Crippen molar-refractivity contribution < 1.29 is 9.53 Å². The van der Waals surface area contributed by atoms with Crippen molar-refractivity contribution in [3.05, 3.63) is 0 Å². The maximum Gasteiger partial charge on any atom is 0.225 e. The molecule has 0 aromatic carbocycles. The average Bonchev–Trinajstić information content (AvgIpc) is 2.40. The van der Waals surface area contributed by atoms with Crippen LogP contribution >= 0.6 is 0 Å². The van der Waals surface area contributed by atoms with E-state index in [9.17, 15) is 4.79 Å². The highest BCUT2D eigenvalue weighted by Crippen LogP contribution is 2.20. The lowest BCUT2D eigenvalue weighted by Crippen LogP contribution is -2.43. The second-order valence-corrected chi connectivity index (χ2v) is 5.28. The van der Waals surface area contributed by atoms with Gasteiger partial charge >= 0.3 is 0 Å². The van der Waals surface area contributed by atoms with Crippen LogP contribution in [0.2, 0.25) is 0 Å². The summed E-state index contributed by atoms with van der Waals surface area (Å²) < 4.78 is 5.62. The van der Waals surface area contributed by atoms with Crippen LogP contribution in [0.15, 0.2) is 0 Å². The summed E-state index contributed by atoms with van der Waals surface area (Å²) in [4.78, 5) is 14.1. The van der Waals surface area contributed by atoms with Gasteiger partial charge in [0.2, 0.25) is 5.91 Å². The summed E-state index contributed by atoms with van der Waals surface area (Å²) in [6, 6.07) is 0. The van der Waals surface area contributed by atoms with E-state index < -0.39 is 0 Å². The van der Waals surface area contributed by atoms with Crippen LogP contribution in [0.1, 0.15) is 38.5 Å². The number of carbonyl (C=O) groups is 1. The number of hydrogen-bond donors (Lipinski definition) is 1. The molecule has 2 rings (SSSR count). The molecule has 0 radical (unpaired) electrons. The van der Waals surface area contributed by atoms with E-state index in [0.717, 1.165) is 39.0 Å². The predicted molar refractivity (Wildman–Crippen MR) is 66.6 cm³/mol. The Morgan fingerprint density at radius 1 is 1.29 bits per heavy atom. The minimum absolute atomic E-state index is 0.162. The number of rotatable bonds is 3. The molecule has 2 heterocycles. The fourth-order valence-corrected chi connectivity index (χ4v) is 2.78. The summed E-state index contributed by atoms with van der Waals surface area (Å²) in [6.45, 7) is 3.27. The van der Waals surface area contributed by atoms with Gasteiger partial charge in [0.1, 0.15) is 0 Å². The number of nitrogens with zero attached hydrogens (tertiary/aromatic N) is 1. The third-order valence-corrected chi connectivity index (χ3v) is 3.88. The Labute approximate surface area is 103 Å². The van der Waals surface area contributed by atoms with Gasteiger partial charge in [-0.05, 0) is 44.6 Å². The summed E-state index contributed by atoms with van der Waals surface area (Å²) in [7, 11) is 0. The third-order valence-electron chi connectivity index (χ3n) is 3.88. The number of nitrogens with two attached hydrogens (primary N) is 1. The highest BCUT2D eigenvalue weighted by Gasteiger charge is 2.25. The summed E-state index contributed by atoms with van der Waals surface area (Å²) >= 11 is 0. The third kappa shape index (κ3) is 3.68. The van der Waals surface area contributed by atoms with Gasteiger partial charge < -0.3 is 15.4 Å². The summed E-state index contributed by atoms with van der Waals surface area (Å²) in [5.41, 5.74) is 5.69. The highest BCUT2D eigenvalue weighted by molar-refractivity contribution is 5.76. The Balaban J connectivity index is 1.78. The maximum atomic E-state index is 12.1. The predicted octanol–water partition coefficient (Wildman–Crippen LogP) is 1.14. The van der Waals surface area contributed by atoms with Gasteiger partial charge in [0.15, 0.2) is 0 Å². The molecule has 2 unspecified atom stereocenters. The number of piperidine rings is 1. The molecule has 0 saturated carbocycles. The zero-order valence-electron chi connectivity index (χ0n) is 10.6. The Bertz CT molecular complexity index is 252. The van der Waals surface area contributed by atoms with E-state index in [1.165, 1.54) is 12.8 Å². The van der Waals surface area contributed by atoms with Crippen molar-refractivity contribution >= 4 is 5.91 Å². The van der Waals surface area contributed by atoms with Crippen molar-refractivity contribution in [1.29, 1.82) is 0 Å². The van der Waals surface area contributed by atoms with E-state index in [0.29, 0.717) is 18.9 Å². The van der Waals surface area contributed by atoms with E-state index in [-0.39, 0.29) is 12.0 Å². The van der Waals surface area contributed by atoms with E-state index in [1.54, 1.807) is 0 Å². The van der Waals surface area contributed by atoms with E-state index in [4.69, 9.17) is 10.5 Å². The molecule has 4 nitrogen and oxygen atoms in total. The summed E-state index contributed by atoms with van der Waals surface area (Å²) in [5.74, 6) is 0.759. The Morgan fingerprint density at radius 3 is 2.88 bits per heavy atom. The molecule has 1 amide bonds. The maximum absolute atomic E-state index is 12.1. The average molecular weight is 240 g/mol. The SMILES string of the molecule is NCC1CCCN(C(=O)CC2CCCCO2)C1. The van der Waals surface area contributed by atoms with Gasteiger partial charge in [0.25, 0.3) is 0 Å². The standard InChI is InChI=1S/C13H24N2O2/c14-9-11-4-3-6-15(10-11)13(16)8-12-5-1-2-7-17-12/h11-12H,1-10,14H2. The second-order valence-electron chi connectivity index (χ2n) is 5.28. The molecule has 0 aliphatic carbocycles. The number of amides is 1. The summed E-state index contributed by atoms with van der Waals surface area (Å²) in [6.07, 6.45) is 6.37. The molecule has 2 aliphatic heterocycles. The van der Waals surface area contributed by atoms with Crippen molar-refractivity contribution in [3.8, 4) is 0 Å². The number of hydrogen-bond acceptors (Lipinski definition) is 3. The van der Waals surface area contributed by atoms with Crippen LogP contribution in [-0.4, -0.2) is 43.2 Å². The van der Waals surface area contributed by atoms with Crippen LogP contribution in [0.25, 0.3) is 0 Å². The van der Waals surface area contributed by atoms with Crippen molar-refractivity contribution in [2.24, 2.45) is 11.7 Å². The Hall–Kier alpha value is -0.610. The van der Waals surface area contributed by atoms with Crippen molar-refractivity contribution in [3.63, 3.8) is 0 Å². The van der Waals surface area contributed by atoms with Gasteiger partial charge in [-0.15, -0.1) is 0 Å². The molecule has 0 aromatic heterocycles. The van der Waals surface area contributed by atoms with Crippen molar-refractivity contribution in [2.45, 2.75) is 44.6 Å². The molecule has 17 heavy (non-hydrogen) atoms. The number of likely N-dealkylation sites (tertiary alicyclic amines) is 1. The lowest BCUT2D eigenvalue weighted by Gasteiger charge is -2.33. The van der Waals surface area contributed by atoms with E-state index >= 15 is 0 Å². The molecule has 2 aliphatic rings. The van der Waals surface area contributed by atoms with Gasteiger partial charge in [-0.1, -0.05) is 0 Å². The van der Waals surface area contributed by atoms with Crippen molar-refractivity contribution in [1.82, 2.24) is 4.90 Å². The largest absolute Gasteiger partial charge is 0.378 e. The molecule has 0 spiro atoms. The molecular weight excluding hydrogens is 216 g/mol. The van der Waals surface area contributed by atoms with Gasteiger partial charge in [-0.25, -0.2) is 0 Å². The molecule has 0 bridgehead atoms. The highest BCUT2D eigenvalue weighted by atomic mass is 16.5. The molecule has 2 atom stereocenters. The van der Waals surface area contributed by atoms with Crippen LogP contribution < -0.4 is 5.73 Å². The topological polar surface area (TPSA) is 55.6 Å². The zero-order chi connectivity index (χ0) is 12.1.